The number of aromatic nitrogens is 2. The predicted octanol–water partition coefficient (Wildman–Crippen LogP) is 3.23. The van der Waals surface area contributed by atoms with Gasteiger partial charge in [0.1, 0.15) is 4.70 Å². The number of carbonyl (C=O) groups is 1. The van der Waals surface area contributed by atoms with Crippen LogP contribution in [0.4, 0.5) is 0 Å². The maximum Gasteiger partial charge on any atom is 0.271 e. The molecule has 0 saturated heterocycles. The predicted molar refractivity (Wildman–Crippen MR) is 102 cm³/mol. The van der Waals surface area contributed by atoms with Gasteiger partial charge in [-0.2, -0.15) is 0 Å². The molecule has 2 rings (SSSR count). The largest absolute Gasteiger partial charge is 0.341 e. The Morgan fingerprint density at radius 1 is 1.29 bits per heavy atom. The van der Waals surface area contributed by atoms with Crippen molar-refractivity contribution in [3.63, 3.8) is 0 Å². The second-order valence-corrected chi connectivity index (χ2v) is 8.63. The maximum absolute atomic E-state index is 12.6. The Morgan fingerprint density at radius 3 is 2.50 bits per heavy atom. The summed E-state index contributed by atoms with van der Waals surface area (Å²) in [5.74, 6) is 1.27. The lowest BCUT2D eigenvalue weighted by Crippen LogP contribution is -2.38. The molecule has 24 heavy (non-hydrogen) atoms. The van der Waals surface area contributed by atoms with Gasteiger partial charge in [-0.1, -0.05) is 39.5 Å². The van der Waals surface area contributed by atoms with Crippen LogP contribution in [-0.2, 0) is 11.8 Å². The quantitative estimate of drug-likeness (QED) is 0.557. The van der Waals surface area contributed by atoms with Gasteiger partial charge in [-0.25, -0.2) is 4.98 Å². The van der Waals surface area contributed by atoms with E-state index in [9.17, 15) is 9.59 Å². The first-order valence-electron chi connectivity index (χ1n) is 8.14. The first-order valence-corrected chi connectivity index (χ1v) is 10.0. The lowest BCUT2D eigenvalue weighted by Gasteiger charge is -2.26. The topological polar surface area (TPSA) is 55.2 Å². The highest BCUT2D eigenvalue weighted by Gasteiger charge is 2.18. The number of hydrogen-bond acceptors (Lipinski definition) is 5. The van der Waals surface area contributed by atoms with E-state index in [2.05, 4.69) is 32.7 Å². The molecular weight excluding hydrogens is 342 g/mol. The summed E-state index contributed by atoms with van der Waals surface area (Å²) in [4.78, 5) is 31.3. The van der Waals surface area contributed by atoms with Gasteiger partial charge in [0.2, 0.25) is 5.91 Å². The van der Waals surface area contributed by atoms with E-state index in [0.29, 0.717) is 33.0 Å². The molecule has 0 radical (unpaired) electrons. The zero-order valence-corrected chi connectivity index (χ0v) is 16.5. The molecular formula is C17H25N3O2S2. The van der Waals surface area contributed by atoms with Crippen molar-refractivity contribution in [2.24, 2.45) is 18.9 Å². The molecule has 0 saturated carbocycles. The second-order valence-electron chi connectivity index (χ2n) is 6.77. The molecule has 132 valence electrons. The minimum absolute atomic E-state index is 0.0498. The van der Waals surface area contributed by atoms with Crippen LogP contribution in [0.25, 0.3) is 10.2 Å². The van der Waals surface area contributed by atoms with E-state index in [1.54, 1.807) is 7.05 Å². The van der Waals surface area contributed by atoms with Gasteiger partial charge in [0, 0.05) is 20.1 Å². The Hall–Kier alpha value is -1.34. The van der Waals surface area contributed by atoms with Crippen molar-refractivity contribution in [2.45, 2.75) is 32.9 Å². The molecule has 0 aromatic carbocycles. The van der Waals surface area contributed by atoms with E-state index in [1.807, 2.05) is 16.3 Å². The Bertz CT molecular complexity index is 755. The third-order valence-corrected chi connectivity index (χ3v) is 5.40. The molecule has 0 spiro atoms. The molecule has 7 heteroatoms. The van der Waals surface area contributed by atoms with Crippen LogP contribution in [0.5, 0.6) is 0 Å². The van der Waals surface area contributed by atoms with Gasteiger partial charge in [-0.3, -0.25) is 14.2 Å². The summed E-state index contributed by atoms with van der Waals surface area (Å²) >= 11 is 2.73. The molecule has 2 aromatic heterocycles. The van der Waals surface area contributed by atoms with Crippen molar-refractivity contribution in [1.82, 2.24) is 14.5 Å². The van der Waals surface area contributed by atoms with Crippen LogP contribution < -0.4 is 5.56 Å². The molecule has 0 N–H and O–H groups in total. The summed E-state index contributed by atoms with van der Waals surface area (Å²) < 4.78 is 2.20. The molecule has 0 atom stereocenters. The standard InChI is InChI=1S/C17H25N3O2S2/c1-11(2)8-20(9-12(3)4)14(21)10-24-17-18-13-6-7-23-15(13)16(22)19(17)5/h6-7,11-12H,8-10H2,1-5H3. The fourth-order valence-electron chi connectivity index (χ4n) is 2.47. The van der Waals surface area contributed by atoms with Gasteiger partial charge >= 0.3 is 0 Å². The summed E-state index contributed by atoms with van der Waals surface area (Å²) in [6.45, 7) is 9.97. The third kappa shape index (κ3) is 4.60. The number of hydrogen-bond donors (Lipinski definition) is 0. The molecule has 2 heterocycles. The Labute approximate surface area is 151 Å². The zero-order chi connectivity index (χ0) is 17.9. The molecule has 0 fully saturated rings. The molecule has 5 nitrogen and oxygen atoms in total. The minimum Gasteiger partial charge on any atom is -0.341 e. The van der Waals surface area contributed by atoms with Crippen molar-refractivity contribution in [3.05, 3.63) is 21.8 Å². The Kier molecular flexibility index (Phi) is 6.46. The monoisotopic (exact) mass is 367 g/mol. The summed E-state index contributed by atoms with van der Waals surface area (Å²) in [6, 6.07) is 1.84. The number of amides is 1. The second kappa shape index (κ2) is 8.16. The van der Waals surface area contributed by atoms with E-state index in [4.69, 9.17) is 0 Å². The number of fused-ring (bicyclic) bond motifs is 1. The van der Waals surface area contributed by atoms with Crippen molar-refractivity contribution in [2.75, 3.05) is 18.8 Å². The van der Waals surface area contributed by atoms with Crippen LogP contribution in [0.2, 0.25) is 0 Å². The first-order chi connectivity index (χ1) is 11.3. The molecule has 0 aliphatic carbocycles. The van der Waals surface area contributed by atoms with E-state index in [1.165, 1.54) is 27.7 Å². The van der Waals surface area contributed by atoms with Gasteiger partial charge < -0.3 is 4.90 Å². The van der Waals surface area contributed by atoms with Gasteiger partial charge in [-0.05, 0) is 23.3 Å². The molecule has 0 bridgehead atoms. The van der Waals surface area contributed by atoms with Crippen LogP contribution in [-0.4, -0.2) is 39.2 Å². The number of nitrogens with zero attached hydrogens (tertiary/aromatic N) is 3. The highest BCUT2D eigenvalue weighted by molar-refractivity contribution is 7.99. The van der Waals surface area contributed by atoms with Crippen molar-refractivity contribution < 1.29 is 4.79 Å². The van der Waals surface area contributed by atoms with Crippen molar-refractivity contribution in [3.8, 4) is 0 Å². The average Bonchev–Trinajstić information content (AvgIpc) is 2.96. The number of rotatable bonds is 7. The first kappa shape index (κ1) is 19.0. The summed E-state index contributed by atoms with van der Waals surface area (Å²) in [5, 5.41) is 2.46. The maximum atomic E-state index is 12.6. The summed E-state index contributed by atoms with van der Waals surface area (Å²) in [6.07, 6.45) is 0. The molecule has 1 amide bonds. The van der Waals surface area contributed by atoms with Gasteiger partial charge in [-0.15, -0.1) is 11.3 Å². The number of thiophene rings is 1. The average molecular weight is 368 g/mol. The normalized spacial score (nSPS) is 11.6. The van der Waals surface area contributed by atoms with E-state index >= 15 is 0 Å². The Morgan fingerprint density at radius 2 is 1.92 bits per heavy atom. The van der Waals surface area contributed by atoms with E-state index < -0.39 is 0 Å². The molecule has 0 unspecified atom stereocenters. The summed E-state index contributed by atoms with van der Waals surface area (Å²) in [5.41, 5.74) is 0.658. The van der Waals surface area contributed by atoms with Crippen LogP contribution in [0.3, 0.4) is 0 Å². The van der Waals surface area contributed by atoms with Crippen LogP contribution in [0.1, 0.15) is 27.7 Å². The van der Waals surface area contributed by atoms with Crippen molar-refractivity contribution >= 4 is 39.2 Å². The van der Waals surface area contributed by atoms with Gasteiger partial charge in [0.05, 0.1) is 11.3 Å². The minimum atomic E-state index is -0.0498. The Balaban J connectivity index is 2.12. The molecule has 0 aliphatic rings. The van der Waals surface area contributed by atoms with E-state index in [-0.39, 0.29) is 11.5 Å². The summed E-state index contributed by atoms with van der Waals surface area (Å²) in [7, 11) is 1.71. The van der Waals surface area contributed by atoms with Gasteiger partial charge in [0.25, 0.3) is 5.56 Å². The zero-order valence-electron chi connectivity index (χ0n) is 14.9. The fourth-order valence-corrected chi connectivity index (χ4v) is 4.15. The number of carbonyl (C=O) groups excluding carboxylic acids is 1. The lowest BCUT2D eigenvalue weighted by molar-refractivity contribution is -0.129. The highest BCUT2D eigenvalue weighted by atomic mass is 32.2. The van der Waals surface area contributed by atoms with Crippen molar-refractivity contribution in [1.29, 1.82) is 0 Å². The SMILES string of the molecule is CC(C)CN(CC(C)C)C(=O)CSc1nc2ccsc2c(=O)n1C. The van der Waals surface area contributed by atoms with Crippen LogP contribution in [0, 0.1) is 11.8 Å². The van der Waals surface area contributed by atoms with Gasteiger partial charge in [0.15, 0.2) is 5.16 Å². The third-order valence-electron chi connectivity index (χ3n) is 3.49. The molecule has 0 aliphatic heterocycles. The number of thioether (sulfide) groups is 1. The van der Waals surface area contributed by atoms with Crippen LogP contribution in [0.15, 0.2) is 21.4 Å². The van der Waals surface area contributed by atoms with E-state index in [0.717, 1.165) is 13.1 Å². The lowest BCUT2D eigenvalue weighted by atomic mass is 10.1. The smallest absolute Gasteiger partial charge is 0.271 e. The van der Waals surface area contributed by atoms with Crippen LogP contribution >= 0.6 is 23.1 Å². The highest BCUT2D eigenvalue weighted by Crippen LogP contribution is 2.20. The molecule has 2 aromatic rings. The fraction of sp³-hybridized carbons (Fsp3) is 0.588.